The summed E-state index contributed by atoms with van der Waals surface area (Å²) in [6.07, 6.45) is 0.282. The van der Waals surface area contributed by atoms with Gasteiger partial charge in [0, 0.05) is 23.9 Å². The number of rotatable bonds is 8. The van der Waals surface area contributed by atoms with E-state index in [0.29, 0.717) is 17.8 Å². The number of alkyl halides is 2. The van der Waals surface area contributed by atoms with Crippen LogP contribution in [-0.4, -0.2) is 24.1 Å². The predicted molar refractivity (Wildman–Crippen MR) is 94.9 cm³/mol. The number of hydrogen-bond donors (Lipinski definition) is 2. The molecule has 0 radical (unpaired) electrons. The van der Waals surface area contributed by atoms with E-state index in [4.69, 9.17) is 0 Å². The fraction of sp³-hybridized carbons (Fsp3) is 0.222. The van der Waals surface area contributed by atoms with E-state index in [1.807, 2.05) is 0 Å². The van der Waals surface area contributed by atoms with E-state index in [1.165, 1.54) is 12.1 Å². The lowest BCUT2D eigenvalue weighted by atomic mass is 10.2. The highest BCUT2D eigenvalue weighted by molar-refractivity contribution is 7.99. The topological polar surface area (TPSA) is 58.2 Å². The van der Waals surface area contributed by atoms with E-state index in [-0.39, 0.29) is 35.5 Å². The number of carbonyl (C=O) groups is 2. The van der Waals surface area contributed by atoms with E-state index in [9.17, 15) is 27.2 Å². The number of hydrogen-bond acceptors (Lipinski definition) is 3. The van der Waals surface area contributed by atoms with Gasteiger partial charge in [-0.05, 0) is 30.7 Å². The van der Waals surface area contributed by atoms with Gasteiger partial charge in [-0.1, -0.05) is 23.9 Å². The Morgan fingerprint density at radius 3 is 2.52 bits per heavy atom. The molecule has 0 aliphatic rings. The molecule has 0 fully saturated rings. The summed E-state index contributed by atoms with van der Waals surface area (Å²) in [5.41, 5.74) is -0.0102. The van der Waals surface area contributed by atoms with Crippen LogP contribution in [-0.2, 0) is 4.79 Å². The van der Waals surface area contributed by atoms with Crippen molar-refractivity contribution in [1.29, 1.82) is 0 Å². The molecule has 27 heavy (non-hydrogen) atoms. The van der Waals surface area contributed by atoms with Crippen LogP contribution in [0.25, 0.3) is 0 Å². The summed E-state index contributed by atoms with van der Waals surface area (Å²) in [6.45, 7) is 0.0938. The van der Waals surface area contributed by atoms with E-state index in [0.717, 1.165) is 12.1 Å². The number of nitrogens with one attached hydrogen (secondary N) is 2. The Balaban J connectivity index is 1.79. The summed E-state index contributed by atoms with van der Waals surface area (Å²) in [5, 5.41) is 4.97. The minimum absolute atomic E-state index is 0.0276. The molecule has 9 heteroatoms. The van der Waals surface area contributed by atoms with Crippen LogP contribution in [0.4, 0.5) is 23.2 Å². The third kappa shape index (κ3) is 6.59. The zero-order valence-corrected chi connectivity index (χ0v) is 14.8. The fourth-order valence-electron chi connectivity index (χ4n) is 2.20. The standard InChI is InChI=1S/C18H16F4N2O2S/c19-11-7-8-12(13(20)10-11)17(26)23-9-3-6-16(25)24-14-4-1-2-5-15(14)27-18(21)22/h1-2,4-5,7-8,10,18H,3,6,9H2,(H,23,26)(H,24,25). The Labute approximate surface area is 157 Å². The van der Waals surface area contributed by atoms with Crippen LogP contribution in [0.3, 0.4) is 0 Å². The maximum atomic E-state index is 13.5. The van der Waals surface area contributed by atoms with Gasteiger partial charge in [-0.3, -0.25) is 9.59 Å². The second kappa shape index (κ2) is 9.96. The minimum atomic E-state index is -2.61. The number of benzene rings is 2. The van der Waals surface area contributed by atoms with Crippen LogP contribution in [0.1, 0.15) is 23.2 Å². The molecule has 0 aliphatic heterocycles. The Bertz CT molecular complexity index is 818. The maximum absolute atomic E-state index is 13.5. The molecule has 2 amide bonds. The maximum Gasteiger partial charge on any atom is 0.288 e. The van der Waals surface area contributed by atoms with Gasteiger partial charge in [-0.25, -0.2) is 8.78 Å². The van der Waals surface area contributed by atoms with E-state index >= 15 is 0 Å². The summed E-state index contributed by atoms with van der Waals surface area (Å²) in [7, 11) is 0. The largest absolute Gasteiger partial charge is 0.352 e. The Morgan fingerprint density at radius 2 is 1.81 bits per heavy atom. The lowest BCUT2D eigenvalue weighted by molar-refractivity contribution is -0.116. The van der Waals surface area contributed by atoms with Gasteiger partial charge < -0.3 is 10.6 Å². The third-order valence-electron chi connectivity index (χ3n) is 3.42. The lowest BCUT2D eigenvalue weighted by Crippen LogP contribution is -2.26. The monoisotopic (exact) mass is 400 g/mol. The zero-order chi connectivity index (χ0) is 19.8. The highest BCUT2D eigenvalue weighted by Crippen LogP contribution is 2.31. The SMILES string of the molecule is O=C(CCCNC(=O)c1ccc(F)cc1F)Nc1ccccc1SC(F)F. The second-order valence-corrected chi connectivity index (χ2v) is 6.44. The Hall–Kier alpha value is -2.55. The fourth-order valence-corrected chi connectivity index (χ4v) is 2.80. The summed E-state index contributed by atoms with van der Waals surface area (Å²) in [6, 6.07) is 8.81. The van der Waals surface area contributed by atoms with Gasteiger partial charge >= 0.3 is 0 Å². The van der Waals surface area contributed by atoms with Crippen LogP contribution in [0.5, 0.6) is 0 Å². The molecule has 2 rings (SSSR count). The van der Waals surface area contributed by atoms with E-state index < -0.39 is 29.2 Å². The molecule has 0 bridgehead atoms. The predicted octanol–water partition coefficient (Wildman–Crippen LogP) is 4.43. The first-order valence-corrected chi connectivity index (χ1v) is 8.81. The van der Waals surface area contributed by atoms with Crippen LogP contribution in [0.15, 0.2) is 47.4 Å². The molecule has 4 nitrogen and oxygen atoms in total. The molecule has 0 atom stereocenters. The first-order valence-electron chi connectivity index (χ1n) is 7.93. The first kappa shape index (κ1) is 20.8. The lowest BCUT2D eigenvalue weighted by Gasteiger charge is -2.10. The molecular weight excluding hydrogens is 384 g/mol. The molecule has 144 valence electrons. The van der Waals surface area contributed by atoms with Crippen molar-refractivity contribution in [1.82, 2.24) is 5.32 Å². The van der Waals surface area contributed by atoms with Crippen molar-refractivity contribution in [2.45, 2.75) is 23.5 Å². The molecule has 0 spiro atoms. The van der Waals surface area contributed by atoms with Gasteiger partial charge in [0.05, 0.1) is 11.3 Å². The highest BCUT2D eigenvalue weighted by atomic mass is 32.2. The van der Waals surface area contributed by atoms with Gasteiger partial charge in [0.15, 0.2) is 0 Å². The third-order valence-corrected chi connectivity index (χ3v) is 4.21. The van der Waals surface area contributed by atoms with Crippen LogP contribution in [0.2, 0.25) is 0 Å². The molecule has 0 heterocycles. The Kier molecular flexibility index (Phi) is 7.66. The number of carbonyl (C=O) groups excluding carboxylic acids is 2. The van der Waals surface area contributed by atoms with E-state index in [2.05, 4.69) is 10.6 Å². The molecule has 0 aliphatic carbocycles. The molecule has 2 N–H and O–H groups in total. The van der Waals surface area contributed by atoms with Gasteiger partial charge in [0.1, 0.15) is 11.6 Å². The number of anilines is 1. The average molecular weight is 400 g/mol. The van der Waals surface area contributed by atoms with E-state index in [1.54, 1.807) is 12.1 Å². The molecule has 0 unspecified atom stereocenters. The molecule has 0 aromatic heterocycles. The number of amides is 2. The van der Waals surface area contributed by atoms with Crippen LogP contribution < -0.4 is 10.6 Å². The summed E-state index contributed by atoms with van der Waals surface area (Å²) >= 11 is 0.332. The van der Waals surface area contributed by atoms with Gasteiger partial charge in [-0.2, -0.15) is 8.78 Å². The van der Waals surface area contributed by atoms with Gasteiger partial charge in [0.25, 0.3) is 11.7 Å². The minimum Gasteiger partial charge on any atom is -0.352 e. The van der Waals surface area contributed by atoms with Crippen molar-refractivity contribution in [3.05, 3.63) is 59.7 Å². The van der Waals surface area contributed by atoms with Crippen molar-refractivity contribution < 1.29 is 27.2 Å². The summed E-state index contributed by atoms with van der Waals surface area (Å²) < 4.78 is 51.3. The normalized spacial score (nSPS) is 10.7. The number of halogens is 4. The molecule has 0 saturated heterocycles. The van der Waals surface area contributed by atoms with Crippen LogP contribution >= 0.6 is 11.8 Å². The molecular formula is C18H16F4N2O2S. The van der Waals surface area contributed by atoms with Crippen LogP contribution in [0, 0.1) is 11.6 Å². The first-order chi connectivity index (χ1) is 12.9. The van der Waals surface area contributed by atoms with Crippen molar-refractivity contribution in [2.24, 2.45) is 0 Å². The Morgan fingerprint density at radius 1 is 1.07 bits per heavy atom. The number of thioether (sulfide) groups is 1. The quantitative estimate of drug-likeness (QED) is 0.392. The van der Waals surface area contributed by atoms with Crippen molar-refractivity contribution in [3.63, 3.8) is 0 Å². The second-order valence-electron chi connectivity index (χ2n) is 5.41. The van der Waals surface area contributed by atoms with Gasteiger partial charge in [0.2, 0.25) is 5.91 Å². The van der Waals surface area contributed by atoms with Crippen molar-refractivity contribution in [3.8, 4) is 0 Å². The summed E-state index contributed by atoms with van der Waals surface area (Å²) in [4.78, 5) is 24.0. The smallest absolute Gasteiger partial charge is 0.288 e. The molecule has 2 aromatic rings. The van der Waals surface area contributed by atoms with Crippen molar-refractivity contribution in [2.75, 3.05) is 11.9 Å². The average Bonchev–Trinajstić information content (AvgIpc) is 2.60. The number of para-hydroxylation sites is 1. The van der Waals surface area contributed by atoms with Crippen molar-refractivity contribution >= 4 is 29.3 Å². The highest BCUT2D eigenvalue weighted by Gasteiger charge is 2.13. The zero-order valence-electron chi connectivity index (χ0n) is 14.0. The molecule has 2 aromatic carbocycles. The van der Waals surface area contributed by atoms with Gasteiger partial charge in [-0.15, -0.1) is 0 Å². The molecule has 0 saturated carbocycles. The summed E-state index contributed by atoms with van der Waals surface area (Å²) in [5.74, 6) is -5.49.